The minimum absolute atomic E-state index is 0. The van der Waals surface area contributed by atoms with Gasteiger partial charge < -0.3 is 20.1 Å². The van der Waals surface area contributed by atoms with Gasteiger partial charge in [0, 0.05) is 32.2 Å². The number of rotatable bonds is 7. The first-order valence-electron chi connectivity index (χ1n) is 8.96. The van der Waals surface area contributed by atoms with E-state index in [9.17, 15) is 0 Å². The van der Waals surface area contributed by atoms with Crippen LogP contribution in [0, 0.1) is 5.92 Å². The largest absolute Gasteiger partial charge is 0.493 e. The molecule has 2 N–H and O–H groups in total. The molecule has 0 aromatic heterocycles. The number of nitrogens with one attached hydrogen (secondary N) is 2. The van der Waals surface area contributed by atoms with Crippen molar-refractivity contribution in [2.75, 3.05) is 26.8 Å². The molecule has 0 spiro atoms. The lowest BCUT2D eigenvalue weighted by Gasteiger charge is -2.28. The summed E-state index contributed by atoms with van der Waals surface area (Å²) in [7, 11) is 1.81. The zero-order valence-electron chi connectivity index (χ0n) is 15.7. The van der Waals surface area contributed by atoms with Gasteiger partial charge in [0.2, 0.25) is 0 Å². The quantitative estimate of drug-likeness (QED) is 0.369. The van der Waals surface area contributed by atoms with E-state index in [1.807, 2.05) is 32.2 Å². The van der Waals surface area contributed by atoms with Gasteiger partial charge in [-0.15, -0.1) is 24.0 Å². The summed E-state index contributed by atoms with van der Waals surface area (Å²) in [6.45, 7) is 8.78. The normalized spacial score (nSPS) is 18.0. The Morgan fingerprint density at radius 2 is 2.12 bits per heavy atom. The summed E-state index contributed by atoms with van der Waals surface area (Å²) in [5.74, 6) is 2.31. The van der Waals surface area contributed by atoms with Gasteiger partial charge in [0.15, 0.2) is 5.96 Å². The first kappa shape index (κ1) is 22.0. The average molecular weight is 461 g/mol. The fourth-order valence-corrected chi connectivity index (χ4v) is 3.01. The third kappa shape index (κ3) is 6.66. The molecule has 1 aliphatic heterocycles. The molecule has 2 atom stereocenters. The summed E-state index contributed by atoms with van der Waals surface area (Å²) in [5, 5.41) is 6.92. The van der Waals surface area contributed by atoms with Crippen LogP contribution < -0.4 is 15.4 Å². The van der Waals surface area contributed by atoms with Gasteiger partial charge in [-0.05, 0) is 25.3 Å². The Morgan fingerprint density at radius 3 is 2.80 bits per heavy atom. The van der Waals surface area contributed by atoms with E-state index in [4.69, 9.17) is 9.47 Å². The summed E-state index contributed by atoms with van der Waals surface area (Å²) >= 11 is 0. The minimum Gasteiger partial charge on any atom is -0.493 e. The van der Waals surface area contributed by atoms with Crippen LogP contribution in [0.3, 0.4) is 0 Å². The number of benzene rings is 1. The molecule has 1 aromatic carbocycles. The van der Waals surface area contributed by atoms with Crippen LogP contribution >= 0.6 is 24.0 Å². The van der Waals surface area contributed by atoms with E-state index in [0.29, 0.717) is 5.92 Å². The lowest BCUT2D eigenvalue weighted by Crippen LogP contribution is -2.42. The van der Waals surface area contributed by atoms with Crippen LogP contribution in [0.25, 0.3) is 0 Å². The van der Waals surface area contributed by atoms with E-state index in [2.05, 4.69) is 35.5 Å². The topological polar surface area (TPSA) is 54.9 Å². The van der Waals surface area contributed by atoms with E-state index in [1.54, 1.807) is 0 Å². The molecule has 0 bridgehead atoms. The van der Waals surface area contributed by atoms with Gasteiger partial charge in [-0.25, -0.2) is 0 Å². The van der Waals surface area contributed by atoms with Crippen molar-refractivity contribution < 1.29 is 9.47 Å². The molecule has 5 nitrogen and oxygen atoms in total. The van der Waals surface area contributed by atoms with Crippen molar-refractivity contribution in [2.24, 2.45) is 10.9 Å². The minimum atomic E-state index is 0. The number of ether oxygens (including phenoxy) is 2. The summed E-state index contributed by atoms with van der Waals surface area (Å²) in [6.07, 6.45) is 2.19. The average Bonchev–Trinajstić information content (AvgIpc) is 2.60. The first-order chi connectivity index (χ1) is 11.7. The van der Waals surface area contributed by atoms with Crippen molar-refractivity contribution >= 4 is 29.9 Å². The Balaban J connectivity index is 0.00000312. The molecule has 0 fully saturated rings. The SMILES string of the molecule is CCOC(CCNC(=NC)NC1CCOc2ccccc21)C(C)C.I. The zero-order valence-corrected chi connectivity index (χ0v) is 18.1. The third-order valence-corrected chi connectivity index (χ3v) is 4.34. The number of hydrogen-bond donors (Lipinski definition) is 2. The summed E-state index contributed by atoms with van der Waals surface area (Å²) in [5.41, 5.74) is 1.20. The Hall–Kier alpha value is -1.02. The van der Waals surface area contributed by atoms with E-state index in [-0.39, 0.29) is 36.1 Å². The predicted molar refractivity (Wildman–Crippen MR) is 114 cm³/mol. The van der Waals surface area contributed by atoms with Crippen molar-refractivity contribution in [3.05, 3.63) is 29.8 Å². The summed E-state index contributed by atoms with van der Waals surface area (Å²) in [4.78, 5) is 4.36. The molecule has 0 saturated heterocycles. The monoisotopic (exact) mass is 461 g/mol. The summed E-state index contributed by atoms with van der Waals surface area (Å²) < 4.78 is 11.5. The van der Waals surface area contributed by atoms with Crippen molar-refractivity contribution in [1.82, 2.24) is 10.6 Å². The molecule has 0 saturated carbocycles. The van der Waals surface area contributed by atoms with Crippen LogP contribution in [-0.4, -0.2) is 38.9 Å². The zero-order chi connectivity index (χ0) is 17.4. The molecule has 1 aliphatic rings. The van der Waals surface area contributed by atoms with Crippen LogP contribution in [0.15, 0.2) is 29.3 Å². The first-order valence-corrected chi connectivity index (χ1v) is 8.96. The van der Waals surface area contributed by atoms with E-state index in [0.717, 1.165) is 44.3 Å². The Kier molecular flexibility index (Phi) is 10.2. The smallest absolute Gasteiger partial charge is 0.191 e. The fourth-order valence-electron chi connectivity index (χ4n) is 3.01. The second-order valence-corrected chi connectivity index (χ2v) is 6.40. The highest BCUT2D eigenvalue weighted by Crippen LogP contribution is 2.31. The highest BCUT2D eigenvalue weighted by Gasteiger charge is 2.22. The number of fused-ring (bicyclic) bond motifs is 1. The molecule has 0 amide bonds. The molecule has 2 unspecified atom stereocenters. The van der Waals surface area contributed by atoms with E-state index in [1.165, 1.54) is 5.56 Å². The van der Waals surface area contributed by atoms with Crippen LogP contribution in [0.4, 0.5) is 0 Å². The second kappa shape index (κ2) is 11.6. The van der Waals surface area contributed by atoms with Crippen molar-refractivity contribution in [1.29, 1.82) is 0 Å². The van der Waals surface area contributed by atoms with Gasteiger partial charge in [0.05, 0.1) is 18.8 Å². The molecule has 142 valence electrons. The van der Waals surface area contributed by atoms with Gasteiger partial charge in [0.25, 0.3) is 0 Å². The number of aliphatic imine (C=N–C) groups is 1. The van der Waals surface area contributed by atoms with Crippen molar-refractivity contribution in [3.63, 3.8) is 0 Å². The summed E-state index contributed by atoms with van der Waals surface area (Å²) in [6, 6.07) is 8.42. The van der Waals surface area contributed by atoms with Crippen molar-refractivity contribution in [2.45, 2.75) is 45.8 Å². The molecule has 2 rings (SSSR count). The number of para-hydroxylation sites is 1. The molecular formula is C19H32IN3O2. The molecular weight excluding hydrogens is 429 g/mol. The van der Waals surface area contributed by atoms with Crippen molar-refractivity contribution in [3.8, 4) is 5.75 Å². The van der Waals surface area contributed by atoms with Gasteiger partial charge >= 0.3 is 0 Å². The Morgan fingerprint density at radius 1 is 1.36 bits per heavy atom. The predicted octanol–water partition coefficient (Wildman–Crippen LogP) is 3.74. The number of hydrogen-bond acceptors (Lipinski definition) is 3. The third-order valence-electron chi connectivity index (χ3n) is 4.34. The second-order valence-electron chi connectivity index (χ2n) is 6.40. The maximum atomic E-state index is 5.80. The van der Waals surface area contributed by atoms with Gasteiger partial charge in [-0.3, -0.25) is 4.99 Å². The number of nitrogens with zero attached hydrogens (tertiary/aromatic N) is 1. The lowest BCUT2D eigenvalue weighted by atomic mass is 10.0. The van der Waals surface area contributed by atoms with E-state index < -0.39 is 0 Å². The highest BCUT2D eigenvalue weighted by atomic mass is 127. The van der Waals surface area contributed by atoms with Gasteiger partial charge in [-0.2, -0.15) is 0 Å². The highest BCUT2D eigenvalue weighted by molar-refractivity contribution is 14.0. The van der Waals surface area contributed by atoms with Crippen LogP contribution in [-0.2, 0) is 4.74 Å². The van der Waals surface area contributed by atoms with Crippen LogP contribution in [0.1, 0.15) is 45.2 Å². The number of guanidine groups is 1. The fraction of sp³-hybridized carbons (Fsp3) is 0.632. The molecule has 0 radical (unpaired) electrons. The molecule has 1 heterocycles. The molecule has 25 heavy (non-hydrogen) atoms. The maximum absolute atomic E-state index is 5.80. The number of halogens is 1. The van der Waals surface area contributed by atoms with Crippen LogP contribution in [0.2, 0.25) is 0 Å². The standard InChI is InChI=1S/C19H31N3O2.HI/c1-5-23-17(14(2)3)10-12-21-19(20-4)22-16-11-13-24-18-9-7-6-8-15(16)18;/h6-9,14,16-17H,5,10-13H2,1-4H3,(H2,20,21,22);1H. The van der Waals surface area contributed by atoms with Gasteiger partial charge in [-0.1, -0.05) is 32.0 Å². The molecule has 0 aliphatic carbocycles. The maximum Gasteiger partial charge on any atom is 0.191 e. The Bertz CT molecular complexity index is 537. The molecule has 6 heteroatoms. The Labute approximate surface area is 169 Å². The van der Waals surface area contributed by atoms with Gasteiger partial charge in [0.1, 0.15) is 5.75 Å². The lowest BCUT2D eigenvalue weighted by molar-refractivity contribution is 0.0258. The van der Waals surface area contributed by atoms with E-state index >= 15 is 0 Å². The van der Waals surface area contributed by atoms with Crippen LogP contribution in [0.5, 0.6) is 5.75 Å². The molecule has 1 aromatic rings.